The Balaban J connectivity index is 2.84. The number of benzene rings is 1. The molecular weight excluding hydrogens is 256 g/mol. The Hall–Kier alpha value is -2.06. The predicted octanol–water partition coefficient (Wildman–Crippen LogP) is 1.88. The summed E-state index contributed by atoms with van der Waals surface area (Å²) in [5.41, 5.74) is 2.56. The number of carbonyl (C=O) groups excluding carboxylic acids is 1. The van der Waals surface area contributed by atoms with Crippen molar-refractivity contribution in [3.05, 3.63) is 29.3 Å². The van der Waals surface area contributed by atoms with E-state index >= 15 is 0 Å². The number of aryl methyl sites for hydroxylation is 1. The first-order valence-corrected chi connectivity index (χ1v) is 6.43. The van der Waals surface area contributed by atoms with Crippen molar-refractivity contribution in [1.29, 1.82) is 5.26 Å². The van der Waals surface area contributed by atoms with Crippen LogP contribution in [0.1, 0.15) is 17.5 Å². The van der Waals surface area contributed by atoms with Gasteiger partial charge in [0.05, 0.1) is 31.8 Å². The summed E-state index contributed by atoms with van der Waals surface area (Å²) in [6.07, 6.45) is 0.319. The second kappa shape index (κ2) is 8.18. The number of rotatable bonds is 7. The zero-order chi connectivity index (χ0) is 15.0. The molecule has 0 N–H and O–H groups in total. The van der Waals surface area contributed by atoms with E-state index < -0.39 is 0 Å². The van der Waals surface area contributed by atoms with Crippen LogP contribution in [-0.4, -0.2) is 39.9 Å². The summed E-state index contributed by atoms with van der Waals surface area (Å²) < 4.78 is 9.75. The van der Waals surface area contributed by atoms with Crippen molar-refractivity contribution in [3.63, 3.8) is 0 Å². The van der Waals surface area contributed by atoms with E-state index in [9.17, 15) is 4.79 Å². The van der Waals surface area contributed by atoms with Gasteiger partial charge in [0.15, 0.2) is 0 Å². The lowest BCUT2D eigenvalue weighted by atomic mass is 10.1. The van der Waals surface area contributed by atoms with Gasteiger partial charge in [0.1, 0.15) is 0 Å². The van der Waals surface area contributed by atoms with E-state index in [1.54, 1.807) is 13.2 Å². The number of nitriles is 1. The Morgan fingerprint density at radius 2 is 2.10 bits per heavy atom. The van der Waals surface area contributed by atoms with Gasteiger partial charge in [0.25, 0.3) is 0 Å². The van der Waals surface area contributed by atoms with Crippen molar-refractivity contribution in [3.8, 4) is 6.07 Å². The van der Waals surface area contributed by atoms with Crippen molar-refractivity contribution < 1.29 is 14.3 Å². The molecule has 0 fully saturated rings. The van der Waals surface area contributed by atoms with Gasteiger partial charge in [-0.25, -0.2) is 0 Å². The molecule has 1 aromatic carbocycles. The summed E-state index contributed by atoms with van der Waals surface area (Å²) in [6, 6.07) is 7.78. The maximum Gasteiger partial charge on any atom is 0.307 e. The van der Waals surface area contributed by atoms with Gasteiger partial charge in [0.2, 0.25) is 0 Å². The quantitative estimate of drug-likeness (QED) is 0.712. The molecule has 1 rings (SSSR count). The van der Waals surface area contributed by atoms with Crippen LogP contribution in [0.2, 0.25) is 0 Å². The average Bonchev–Trinajstić information content (AvgIpc) is 2.47. The summed E-state index contributed by atoms with van der Waals surface area (Å²) in [6.45, 7) is 3.71. The fourth-order valence-corrected chi connectivity index (χ4v) is 1.87. The number of hydrogen-bond donors (Lipinski definition) is 0. The third-order valence-electron chi connectivity index (χ3n) is 3.07. The SMILES string of the molecule is COCCN(CCC(=O)OC)c1ccc(C#N)c(C)c1. The number of esters is 1. The largest absolute Gasteiger partial charge is 0.469 e. The minimum Gasteiger partial charge on any atom is -0.469 e. The molecule has 0 aliphatic heterocycles. The normalized spacial score (nSPS) is 9.90. The standard InChI is InChI=1S/C15H20N2O3/c1-12-10-14(5-4-13(12)11-16)17(8-9-19-2)7-6-15(18)20-3/h4-5,10H,6-9H2,1-3H3. The molecule has 20 heavy (non-hydrogen) atoms. The molecule has 0 saturated heterocycles. The monoisotopic (exact) mass is 276 g/mol. The highest BCUT2D eigenvalue weighted by atomic mass is 16.5. The van der Waals surface area contributed by atoms with Crippen LogP contribution in [0, 0.1) is 18.3 Å². The zero-order valence-corrected chi connectivity index (χ0v) is 12.2. The maximum atomic E-state index is 11.3. The fourth-order valence-electron chi connectivity index (χ4n) is 1.87. The van der Waals surface area contributed by atoms with E-state index in [1.807, 2.05) is 19.1 Å². The van der Waals surface area contributed by atoms with Crippen molar-refractivity contribution in [2.24, 2.45) is 0 Å². The Labute approximate surface area is 119 Å². The molecule has 5 heteroatoms. The molecule has 0 spiro atoms. The van der Waals surface area contributed by atoms with E-state index in [2.05, 4.69) is 15.7 Å². The highest BCUT2D eigenvalue weighted by Crippen LogP contribution is 2.19. The summed E-state index contributed by atoms with van der Waals surface area (Å²) in [7, 11) is 3.02. The lowest BCUT2D eigenvalue weighted by molar-refractivity contribution is -0.140. The molecule has 5 nitrogen and oxygen atoms in total. The number of methoxy groups -OCH3 is 2. The number of carbonyl (C=O) groups is 1. The van der Waals surface area contributed by atoms with E-state index in [0.717, 1.165) is 11.3 Å². The van der Waals surface area contributed by atoms with Gasteiger partial charge in [-0.05, 0) is 30.7 Å². The summed E-state index contributed by atoms with van der Waals surface area (Å²) in [4.78, 5) is 13.3. The smallest absolute Gasteiger partial charge is 0.307 e. The van der Waals surface area contributed by atoms with E-state index in [0.29, 0.717) is 31.7 Å². The molecule has 0 radical (unpaired) electrons. The van der Waals surface area contributed by atoms with Gasteiger partial charge in [-0.2, -0.15) is 5.26 Å². The van der Waals surface area contributed by atoms with Crippen molar-refractivity contribution in [2.75, 3.05) is 38.8 Å². The molecule has 0 unspecified atom stereocenters. The first-order valence-electron chi connectivity index (χ1n) is 6.43. The van der Waals surface area contributed by atoms with Gasteiger partial charge in [0, 0.05) is 25.9 Å². The second-order valence-electron chi connectivity index (χ2n) is 4.42. The number of hydrogen-bond acceptors (Lipinski definition) is 5. The molecule has 0 saturated carbocycles. The summed E-state index contributed by atoms with van der Waals surface area (Å²) in [5.74, 6) is -0.238. The number of nitrogens with zero attached hydrogens (tertiary/aromatic N) is 2. The number of anilines is 1. The van der Waals surface area contributed by atoms with Crippen LogP contribution < -0.4 is 4.90 Å². The van der Waals surface area contributed by atoms with Crippen LogP contribution in [-0.2, 0) is 14.3 Å². The minimum atomic E-state index is -0.238. The topological polar surface area (TPSA) is 62.6 Å². The van der Waals surface area contributed by atoms with Gasteiger partial charge >= 0.3 is 5.97 Å². The van der Waals surface area contributed by atoms with E-state index in [1.165, 1.54) is 7.11 Å². The molecule has 108 valence electrons. The first kappa shape index (κ1) is 16.0. The van der Waals surface area contributed by atoms with E-state index in [4.69, 9.17) is 10.00 Å². The first-order chi connectivity index (χ1) is 9.62. The summed E-state index contributed by atoms with van der Waals surface area (Å²) >= 11 is 0. The molecule has 0 aromatic heterocycles. The lowest BCUT2D eigenvalue weighted by Gasteiger charge is -2.24. The van der Waals surface area contributed by atoms with Crippen LogP contribution >= 0.6 is 0 Å². The highest BCUT2D eigenvalue weighted by molar-refractivity contribution is 5.70. The molecular formula is C15H20N2O3. The Kier molecular flexibility index (Phi) is 6.54. The van der Waals surface area contributed by atoms with Crippen molar-refractivity contribution in [1.82, 2.24) is 0 Å². The predicted molar refractivity (Wildman–Crippen MR) is 76.6 cm³/mol. The molecule has 0 atom stereocenters. The van der Waals surface area contributed by atoms with Crippen molar-refractivity contribution in [2.45, 2.75) is 13.3 Å². The molecule has 0 bridgehead atoms. The Morgan fingerprint density at radius 3 is 2.65 bits per heavy atom. The van der Waals surface area contributed by atoms with Crippen molar-refractivity contribution >= 4 is 11.7 Å². The lowest BCUT2D eigenvalue weighted by Crippen LogP contribution is -2.30. The minimum absolute atomic E-state index is 0.238. The van der Waals surface area contributed by atoms with Crippen LogP contribution in [0.15, 0.2) is 18.2 Å². The van der Waals surface area contributed by atoms with Crippen LogP contribution in [0.5, 0.6) is 0 Å². The second-order valence-corrected chi connectivity index (χ2v) is 4.42. The fraction of sp³-hybridized carbons (Fsp3) is 0.467. The van der Waals surface area contributed by atoms with Gasteiger partial charge < -0.3 is 14.4 Å². The average molecular weight is 276 g/mol. The summed E-state index contributed by atoms with van der Waals surface area (Å²) in [5, 5.41) is 8.95. The molecule has 1 aromatic rings. The maximum absolute atomic E-state index is 11.3. The molecule has 0 heterocycles. The highest BCUT2D eigenvalue weighted by Gasteiger charge is 2.10. The van der Waals surface area contributed by atoms with E-state index in [-0.39, 0.29) is 5.97 Å². The van der Waals surface area contributed by atoms with Crippen LogP contribution in [0.3, 0.4) is 0 Å². The van der Waals surface area contributed by atoms with Gasteiger partial charge in [-0.3, -0.25) is 4.79 Å². The van der Waals surface area contributed by atoms with Crippen LogP contribution in [0.4, 0.5) is 5.69 Å². The third kappa shape index (κ3) is 4.56. The number of ether oxygens (including phenoxy) is 2. The molecule has 0 aliphatic carbocycles. The zero-order valence-electron chi connectivity index (χ0n) is 12.2. The molecule has 0 amide bonds. The Morgan fingerprint density at radius 1 is 1.35 bits per heavy atom. The molecule has 0 aliphatic rings. The third-order valence-corrected chi connectivity index (χ3v) is 3.07. The van der Waals surface area contributed by atoms with Gasteiger partial charge in [-0.1, -0.05) is 0 Å². The van der Waals surface area contributed by atoms with Gasteiger partial charge in [-0.15, -0.1) is 0 Å². The van der Waals surface area contributed by atoms with Crippen LogP contribution in [0.25, 0.3) is 0 Å². The Bertz CT molecular complexity index is 494.